The lowest BCUT2D eigenvalue weighted by Gasteiger charge is -2.32. The zero-order valence-electron chi connectivity index (χ0n) is 14.4. The van der Waals surface area contributed by atoms with Crippen molar-refractivity contribution in [3.63, 3.8) is 0 Å². The molecule has 0 fully saturated rings. The van der Waals surface area contributed by atoms with Crippen molar-refractivity contribution in [1.82, 2.24) is 14.8 Å². The van der Waals surface area contributed by atoms with Gasteiger partial charge in [0.2, 0.25) is 5.95 Å². The van der Waals surface area contributed by atoms with Gasteiger partial charge in [-0.2, -0.15) is 10.1 Å². The van der Waals surface area contributed by atoms with Gasteiger partial charge in [-0.1, -0.05) is 61.8 Å². The van der Waals surface area contributed by atoms with E-state index in [0.29, 0.717) is 5.92 Å². The molecule has 25 heavy (non-hydrogen) atoms. The molecule has 128 valence electrons. The van der Waals surface area contributed by atoms with E-state index in [2.05, 4.69) is 59.6 Å². The Bertz CT molecular complexity index is 869. The lowest BCUT2D eigenvalue weighted by Crippen LogP contribution is -2.28. The standard InChI is InChI=1S/C20H21ClN4/c1-13(2)14-6-8-15(9-7-14)18-11-19(16-4-3-5-17(21)10-16)25-20(24-18)22-12-23-25/h3-10,12-13,18-19H,11H2,1-2H3,(H,22,23,24)/t18-,19-/m0/s1. The molecule has 1 aromatic heterocycles. The lowest BCUT2D eigenvalue weighted by atomic mass is 9.92. The molecule has 0 spiro atoms. The molecule has 3 aromatic rings. The van der Waals surface area contributed by atoms with Crippen molar-refractivity contribution in [3.05, 3.63) is 76.6 Å². The van der Waals surface area contributed by atoms with E-state index >= 15 is 0 Å². The number of halogens is 1. The van der Waals surface area contributed by atoms with Gasteiger partial charge in [0, 0.05) is 5.02 Å². The fraction of sp³-hybridized carbons (Fsp3) is 0.300. The monoisotopic (exact) mass is 352 g/mol. The van der Waals surface area contributed by atoms with E-state index in [1.54, 1.807) is 6.33 Å². The summed E-state index contributed by atoms with van der Waals surface area (Å²) < 4.78 is 1.95. The number of hydrogen-bond donors (Lipinski definition) is 1. The molecule has 2 atom stereocenters. The summed E-state index contributed by atoms with van der Waals surface area (Å²) in [4.78, 5) is 4.38. The number of benzene rings is 2. The van der Waals surface area contributed by atoms with Gasteiger partial charge in [-0.25, -0.2) is 4.68 Å². The van der Waals surface area contributed by atoms with Gasteiger partial charge in [0.15, 0.2) is 0 Å². The Kier molecular flexibility index (Phi) is 4.22. The number of aromatic nitrogens is 3. The molecule has 0 aliphatic carbocycles. The number of hydrogen-bond acceptors (Lipinski definition) is 3. The van der Waals surface area contributed by atoms with Crippen LogP contribution in [0, 0.1) is 0 Å². The normalized spacial score (nSPS) is 19.5. The number of nitrogens with zero attached hydrogens (tertiary/aromatic N) is 3. The Morgan fingerprint density at radius 1 is 1.12 bits per heavy atom. The molecule has 2 heterocycles. The van der Waals surface area contributed by atoms with E-state index in [9.17, 15) is 0 Å². The van der Waals surface area contributed by atoms with Gasteiger partial charge in [0.1, 0.15) is 6.33 Å². The van der Waals surface area contributed by atoms with E-state index in [1.165, 1.54) is 11.1 Å². The van der Waals surface area contributed by atoms with Crippen LogP contribution in [0.1, 0.15) is 55.0 Å². The van der Waals surface area contributed by atoms with Gasteiger partial charge in [-0.15, -0.1) is 0 Å². The summed E-state index contributed by atoms with van der Waals surface area (Å²) in [5, 5.41) is 8.67. The lowest BCUT2D eigenvalue weighted by molar-refractivity contribution is 0.431. The van der Waals surface area contributed by atoms with E-state index in [4.69, 9.17) is 11.6 Å². The van der Waals surface area contributed by atoms with E-state index in [1.807, 2.05) is 22.9 Å². The second-order valence-corrected chi connectivity index (χ2v) is 7.29. The Balaban J connectivity index is 1.68. The third kappa shape index (κ3) is 3.14. The zero-order valence-corrected chi connectivity index (χ0v) is 15.1. The molecule has 1 N–H and O–H groups in total. The molecule has 0 amide bonds. The highest BCUT2D eigenvalue weighted by atomic mass is 35.5. The van der Waals surface area contributed by atoms with E-state index < -0.39 is 0 Å². The smallest absolute Gasteiger partial charge is 0.222 e. The number of fused-ring (bicyclic) bond motifs is 1. The molecule has 0 bridgehead atoms. The van der Waals surface area contributed by atoms with Crippen molar-refractivity contribution in [1.29, 1.82) is 0 Å². The van der Waals surface area contributed by atoms with E-state index in [-0.39, 0.29) is 12.1 Å². The largest absolute Gasteiger partial charge is 0.348 e. The predicted octanol–water partition coefficient (Wildman–Crippen LogP) is 5.20. The van der Waals surface area contributed by atoms with Crippen molar-refractivity contribution in [2.45, 2.75) is 38.3 Å². The molecular formula is C20H21ClN4. The van der Waals surface area contributed by atoms with Gasteiger partial charge in [0.25, 0.3) is 0 Å². The van der Waals surface area contributed by atoms with Crippen LogP contribution in [0.25, 0.3) is 0 Å². The highest BCUT2D eigenvalue weighted by Crippen LogP contribution is 2.38. The quantitative estimate of drug-likeness (QED) is 0.704. The minimum absolute atomic E-state index is 0.118. The zero-order chi connectivity index (χ0) is 17.4. The van der Waals surface area contributed by atoms with Gasteiger partial charge < -0.3 is 5.32 Å². The van der Waals surface area contributed by atoms with Crippen LogP contribution in [-0.2, 0) is 0 Å². The van der Waals surface area contributed by atoms with Crippen LogP contribution in [0.3, 0.4) is 0 Å². The van der Waals surface area contributed by atoms with Crippen LogP contribution in [0.2, 0.25) is 5.02 Å². The molecule has 0 saturated heterocycles. The first-order valence-electron chi connectivity index (χ1n) is 8.63. The van der Waals surface area contributed by atoms with Gasteiger partial charge in [0.05, 0.1) is 12.1 Å². The fourth-order valence-corrected chi connectivity index (χ4v) is 3.64. The minimum Gasteiger partial charge on any atom is -0.348 e. The molecular weight excluding hydrogens is 332 g/mol. The first-order valence-corrected chi connectivity index (χ1v) is 9.01. The Morgan fingerprint density at radius 3 is 2.64 bits per heavy atom. The molecule has 5 heteroatoms. The van der Waals surface area contributed by atoms with E-state index in [0.717, 1.165) is 23.0 Å². The van der Waals surface area contributed by atoms with Crippen LogP contribution in [0.5, 0.6) is 0 Å². The summed E-state index contributed by atoms with van der Waals surface area (Å²) in [6, 6.07) is 17.2. The summed E-state index contributed by atoms with van der Waals surface area (Å²) in [7, 11) is 0. The second-order valence-electron chi connectivity index (χ2n) is 6.85. The molecule has 0 radical (unpaired) electrons. The Morgan fingerprint density at radius 2 is 1.92 bits per heavy atom. The second kappa shape index (κ2) is 6.52. The number of rotatable bonds is 3. The average molecular weight is 353 g/mol. The molecule has 4 rings (SSSR count). The van der Waals surface area contributed by atoms with Crippen LogP contribution < -0.4 is 5.32 Å². The summed E-state index contributed by atoms with van der Waals surface area (Å²) in [5.41, 5.74) is 3.78. The SMILES string of the molecule is CC(C)c1ccc([C@@H]2C[C@@H](c3cccc(Cl)c3)n3ncnc3N2)cc1. The summed E-state index contributed by atoms with van der Waals surface area (Å²) in [6.45, 7) is 4.43. The first kappa shape index (κ1) is 16.2. The van der Waals surface area contributed by atoms with Gasteiger partial charge in [-0.3, -0.25) is 0 Å². The van der Waals surface area contributed by atoms with Crippen LogP contribution in [-0.4, -0.2) is 14.8 Å². The first-order chi connectivity index (χ1) is 12.1. The molecule has 0 unspecified atom stereocenters. The molecule has 1 aliphatic heterocycles. The minimum atomic E-state index is 0.118. The fourth-order valence-electron chi connectivity index (χ4n) is 3.44. The average Bonchev–Trinajstić information content (AvgIpc) is 3.09. The van der Waals surface area contributed by atoms with Crippen LogP contribution in [0.15, 0.2) is 54.9 Å². The van der Waals surface area contributed by atoms with Crippen molar-refractivity contribution in [2.24, 2.45) is 0 Å². The van der Waals surface area contributed by atoms with Crippen molar-refractivity contribution in [3.8, 4) is 0 Å². The molecule has 4 nitrogen and oxygen atoms in total. The topological polar surface area (TPSA) is 42.7 Å². The number of nitrogens with one attached hydrogen (secondary N) is 1. The Hall–Kier alpha value is -2.33. The third-order valence-electron chi connectivity index (χ3n) is 4.87. The molecule has 2 aromatic carbocycles. The highest BCUT2D eigenvalue weighted by molar-refractivity contribution is 6.30. The predicted molar refractivity (Wildman–Crippen MR) is 101 cm³/mol. The molecule has 0 saturated carbocycles. The van der Waals surface area contributed by atoms with Gasteiger partial charge >= 0.3 is 0 Å². The van der Waals surface area contributed by atoms with Crippen LogP contribution in [0.4, 0.5) is 5.95 Å². The maximum absolute atomic E-state index is 6.20. The summed E-state index contributed by atoms with van der Waals surface area (Å²) in [5.74, 6) is 1.34. The third-order valence-corrected chi connectivity index (χ3v) is 5.10. The maximum atomic E-state index is 6.20. The van der Waals surface area contributed by atoms with Crippen LogP contribution >= 0.6 is 11.6 Å². The molecule has 1 aliphatic rings. The Labute approximate surface area is 152 Å². The highest BCUT2D eigenvalue weighted by Gasteiger charge is 2.29. The van der Waals surface area contributed by atoms with Crippen molar-refractivity contribution >= 4 is 17.5 Å². The van der Waals surface area contributed by atoms with Crippen molar-refractivity contribution in [2.75, 3.05) is 5.32 Å². The number of anilines is 1. The van der Waals surface area contributed by atoms with Crippen molar-refractivity contribution < 1.29 is 0 Å². The summed E-state index contributed by atoms with van der Waals surface area (Å²) >= 11 is 6.20. The maximum Gasteiger partial charge on any atom is 0.222 e. The summed E-state index contributed by atoms with van der Waals surface area (Å²) in [6.07, 6.45) is 2.50. The van der Waals surface area contributed by atoms with Gasteiger partial charge in [-0.05, 0) is 41.2 Å².